The molecule has 0 N–H and O–H groups in total. The fourth-order valence-electron chi connectivity index (χ4n) is 2.76. The van der Waals surface area contributed by atoms with Crippen molar-refractivity contribution in [2.75, 3.05) is 7.11 Å². The second kappa shape index (κ2) is 7.76. The molecule has 0 amide bonds. The third-order valence-corrected chi connectivity index (χ3v) is 5.56. The number of aromatic nitrogens is 3. The summed E-state index contributed by atoms with van der Waals surface area (Å²) in [6.07, 6.45) is 1.72. The van der Waals surface area contributed by atoms with Gasteiger partial charge in [-0.25, -0.2) is 0 Å². The SMILES string of the molecule is COc1cc(/C=c2/sc3nc(-c4ccccc4)nn3c2=O)cc(Br)c1OC(C)=O. The number of nitrogens with zero attached hydrogens (tertiary/aromatic N) is 3. The maximum Gasteiger partial charge on any atom is 0.308 e. The highest BCUT2D eigenvalue weighted by molar-refractivity contribution is 9.10. The van der Waals surface area contributed by atoms with Gasteiger partial charge in [-0.2, -0.15) is 9.50 Å². The molecule has 0 fully saturated rings. The van der Waals surface area contributed by atoms with Gasteiger partial charge >= 0.3 is 5.97 Å². The molecule has 29 heavy (non-hydrogen) atoms. The van der Waals surface area contributed by atoms with Crippen molar-refractivity contribution in [2.24, 2.45) is 0 Å². The van der Waals surface area contributed by atoms with Crippen molar-refractivity contribution in [1.29, 1.82) is 0 Å². The highest BCUT2D eigenvalue weighted by Crippen LogP contribution is 2.37. The predicted octanol–water partition coefficient (Wildman–Crippen LogP) is 3.06. The van der Waals surface area contributed by atoms with Crippen LogP contribution in [0.2, 0.25) is 0 Å². The van der Waals surface area contributed by atoms with Gasteiger partial charge in [0.05, 0.1) is 16.1 Å². The lowest BCUT2D eigenvalue weighted by Gasteiger charge is -2.10. The van der Waals surface area contributed by atoms with Crippen LogP contribution in [0, 0.1) is 0 Å². The van der Waals surface area contributed by atoms with E-state index in [1.807, 2.05) is 30.3 Å². The van der Waals surface area contributed by atoms with Gasteiger partial charge in [0, 0.05) is 12.5 Å². The van der Waals surface area contributed by atoms with Gasteiger partial charge in [-0.1, -0.05) is 41.7 Å². The minimum absolute atomic E-state index is 0.251. The van der Waals surface area contributed by atoms with Crippen molar-refractivity contribution in [3.8, 4) is 22.9 Å². The monoisotopic (exact) mass is 471 g/mol. The summed E-state index contributed by atoms with van der Waals surface area (Å²) >= 11 is 4.63. The topological polar surface area (TPSA) is 82.8 Å². The zero-order valence-corrected chi connectivity index (χ0v) is 17.8. The van der Waals surface area contributed by atoms with E-state index in [1.165, 1.54) is 29.9 Å². The van der Waals surface area contributed by atoms with Crippen LogP contribution in [0.25, 0.3) is 22.4 Å². The minimum Gasteiger partial charge on any atom is -0.493 e. The van der Waals surface area contributed by atoms with Crippen molar-refractivity contribution in [3.63, 3.8) is 0 Å². The van der Waals surface area contributed by atoms with Gasteiger partial charge in [-0.15, -0.1) is 5.10 Å². The van der Waals surface area contributed by atoms with Crippen LogP contribution in [0.1, 0.15) is 12.5 Å². The van der Waals surface area contributed by atoms with Crippen LogP contribution in [-0.4, -0.2) is 27.7 Å². The van der Waals surface area contributed by atoms with E-state index in [4.69, 9.17) is 9.47 Å². The molecule has 2 aromatic carbocycles. The van der Waals surface area contributed by atoms with E-state index in [9.17, 15) is 9.59 Å². The first-order chi connectivity index (χ1) is 14.0. The number of methoxy groups -OCH3 is 1. The number of ether oxygens (including phenoxy) is 2. The fourth-order valence-corrected chi connectivity index (χ4v) is 4.21. The van der Waals surface area contributed by atoms with E-state index >= 15 is 0 Å². The maximum absolute atomic E-state index is 12.8. The van der Waals surface area contributed by atoms with Crippen LogP contribution in [0.5, 0.6) is 11.5 Å². The summed E-state index contributed by atoms with van der Waals surface area (Å²) in [5, 5.41) is 4.33. The lowest BCUT2D eigenvalue weighted by molar-refractivity contribution is -0.132. The molecule has 4 rings (SSSR count). The second-order valence-electron chi connectivity index (χ2n) is 6.04. The van der Waals surface area contributed by atoms with E-state index in [2.05, 4.69) is 26.0 Å². The molecule has 9 heteroatoms. The number of carbonyl (C=O) groups excluding carboxylic acids is 1. The molecule has 0 aliphatic heterocycles. The van der Waals surface area contributed by atoms with Gasteiger partial charge in [-0.3, -0.25) is 9.59 Å². The van der Waals surface area contributed by atoms with Gasteiger partial charge in [0.25, 0.3) is 5.56 Å². The number of hydrogen-bond acceptors (Lipinski definition) is 7. The molecule has 2 aromatic heterocycles. The molecule has 0 spiro atoms. The average Bonchev–Trinajstić information content (AvgIpc) is 3.24. The molecule has 0 bridgehead atoms. The Morgan fingerprint density at radius 2 is 2.00 bits per heavy atom. The molecule has 0 atom stereocenters. The number of thiazole rings is 1. The zero-order valence-electron chi connectivity index (χ0n) is 15.4. The summed E-state index contributed by atoms with van der Waals surface area (Å²) in [7, 11) is 1.48. The van der Waals surface area contributed by atoms with Crippen LogP contribution in [-0.2, 0) is 4.79 Å². The van der Waals surface area contributed by atoms with Gasteiger partial charge < -0.3 is 9.47 Å². The van der Waals surface area contributed by atoms with Gasteiger partial charge in [0.15, 0.2) is 17.3 Å². The van der Waals surface area contributed by atoms with Crippen molar-refractivity contribution >= 4 is 44.3 Å². The fraction of sp³-hybridized carbons (Fsp3) is 0.100. The number of esters is 1. The Bertz CT molecular complexity index is 1330. The van der Waals surface area contributed by atoms with E-state index < -0.39 is 5.97 Å². The first kappa shape index (κ1) is 19.3. The second-order valence-corrected chi connectivity index (χ2v) is 7.90. The van der Waals surface area contributed by atoms with Crippen LogP contribution in [0.3, 0.4) is 0 Å². The molecule has 0 saturated heterocycles. The van der Waals surface area contributed by atoms with Crippen LogP contribution >= 0.6 is 27.3 Å². The molecule has 146 valence electrons. The first-order valence-electron chi connectivity index (χ1n) is 8.49. The van der Waals surface area contributed by atoms with Gasteiger partial charge in [0.2, 0.25) is 4.96 Å². The van der Waals surface area contributed by atoms with E-state index in [1.54, 1.807) is 18.2 Å². The Morgan fingerprint density at radius 1 is 1.24 bits per heavy atom. The number of carbonyl (C=O) groups is 1. The van der Waals surface area contributed by atoms with Crippen molar-refractivity contribution in [2.45, 2.75) is 6.92 Å². The highest BCUT2D eigenvalue weighted by atomic mass is 79.9. The smallest absolute Gasteiger partial charge is 0.308 e. The number of benzene rings is 2. The largest absolute Gasteiger partial charge is 0.493 e. The van der Waals surface area contributed by atoms with E-state index in [0.29, 0.717) is 31.1 Å². The molecule has 2 heterocycles. The molecule has 0 radical (unpaired) electrons. The van der Waals surface area contributed by atoms with Crippen molar-refractivity contribution < 1.29 is 14.3 Å². The normalized spacial score (nSPS) is 11.8. The van der Waals surface area contributed by atoms with Crippen LogP contribution in [0.4, 0.5) is 0 Å². The van der Waals surface area contributed by atoms with Crippen LogP contribution < -0.4 is 19.6 Å². The van der Waals surface area contributed by atoms with E-state index in [-0.39, 0.29) is 11.3 Å². The van der Waals surface area contributed by atoms with Crippen molar-refractivity contribution in [3.05, 3.63) is 67.4 Å². The number of rotatable bonds is 4. The summed E-state index contributed by atoms with van der Waals surface area (Å²) < 4.78 is 12.8. The third kappa shape index (κ3) is 3.79. The summed E-state index contributed by atoms with van der Waals surface area (Å²) in [5.41, 5.74) is 1.30. The molecule has 0 aliphatic rings. The molecule has 4 aromatic rings. The standard InChI is InChI=1S/C20H14BrN3O4S/c1-11(25)28-17-14(21)8-12(9-15(17)27-2)10-16-19(26)24-20(29-16)22-18(23-24)13-6-4-3-5-7-13/h3-10H,1-2H3/b16-10+. The lowest BCUT2D eigenvalue weighted by Crippen LogP contribution is -2.23. The number of halogens is 1. The minimum atomic E-state index is -0.456. The van der Waals surface area contributed by atoms with E-state index in [0.717, 1.165) is 5.56 Å². The number of fused-ring (bicyclic) bond motifs is 1. The maximum atomic E-state index is 12.8. The van der Waals surface area contributed by atoms with Crippen LogP contribution in [0.15, 0.2) is 51.7 Å². The quantitative estimate of drug-likeness (QED) is 0.336. The summed E-state index contributed by atoms with van der Waals surface area (Å²) in [6.45, 7) is 1.31. The first-order valence-corrected chi connectivity index (χ1v) is 10.1. The lowest BCUT2D eigenvalue weighted by atomic mass is 10.2. The Hall–Kier alpha value is -3.04. The zero-order chi connectivity index (χ0) is 20.5. The molecular weight excluding hydrogens is 458 g/mol. The highest BCUT2D eigenvalue weighted by Gasteiger charge is 2.15. The Kier molecular flexibility index (Phi) is 5.16. The van der Waals surface area contributed by atoms with Crippen molar-refractivity contribution in [1.82, 2.24) is 14.6 Å². The Labute approximate surface area is 177 Å². The summed E-state index contributed by atoms with van der Waals surface area (Å²) in [6, 6.07) is 12.9. The number of hydrogen-bond donors (Lipinski definition) is 0. The average molecular weight is 472 g/mol. The molecule has 0 unspecified atom stereocenters. The molecule has 0 saturated carbocycles. The summed E-state index contributed by atoms with van der Waals surface area (Å²) in [5.74, 6) is 0.715. The third-order valence-electron chi connectivity index (χ3n) is 4.01. The molecular formula is C20H14BrN3O4S. The Morgan fingerprint density at radius 3 is 2.66 bits per heavy atom. The predicted molar refractivity (Wildman–Crippen MR) is 113 cm³/mol. The molecule has 0 aliphatic carbocycles. The summed E-state index contributed by atoms with van der Waals surface area (Å²) in [4.78, 5) is 29.0. The molecule has 7 nitrogen and oxygen atoms in total. The van der Waals surface area contributed by atoms with Gasteiger partial charge in [0.1, 0.15) is 0 Å². The Balaban J connectivity index is 1.78. The van der Waals surface area contributed by atoms with Gasteiger partial charge in [-0.05, 0) is 39.7 Å².